The van der Waals surface area contributed by atoms with Crippen LogP contribution < -0.4 is 0 Å². The maximum absolute atomic E-state index is 11.9. The summed E-state index contributed by atoms with van der Waals surface area (Å²) >= 11 is 0. The highest BCUT2D eigenvalue weighted by Gasteiger charge is 2.27. The van der Waals surface area contributed by atoms with Gasteiger partial charge in [0, 0.05) is 6.07 Å². The number of phenolic OH excluding ortho intramolecular Hbond substituents is 2. The maximum Gasteiger partial charge on any atom is 0.342 e. The van der Waals surface area contributed by atoms with E-state index in [1.807, 2.05) is 6.07 Å². The minimum Gasteiger partial charge on any atom is -0.508 e. The van der Waals surface area contributed by atoms with Crippen LogP contribution in [-0.2, 0) is 19.0 Å². The Morgan fingerprint density at radius 1 is 1.04 bits per heavy atom. The standard InChI is InChI=1S/C19H16O7/c20-14-8-13(9-15(21)10-14)18(22)25-7-6-24-16-11-26-19(23)17(16)12-4-2-1-3-5-12/h1-5,8-10,20-21H,6-7,11H2. The summed E-state index contributed by atoms with van der Waals surface area (Å²) in [6, 6.07) is 12.5. The molecule has 7 heteroatoms. The molecule has 0 saturated heterocycles. The number of esters is 2. The normalized spacial score (nSPS) is 13.5. The van der Waals surface area contributed by atoms with Crippen molar-refractivity contribution in [1.82, 2.24) is 0 Å². The molecule has 134 valence electrons. The van der Waals surface area contributed by atoms with Crippen LogP contribution in [0.2, 0.25) is 0 Å². The number of hydrogen-bond acceptors (Lipinski definition) is 7. The van der Waals surface area contributed by atoms with Crippen molar-refractivity contribution in [1.29, 1.82) is 0 Å². The van der Waals surface area contributed by atoms with Gasteiger partial charge in [-0.25, -0.2) is 9.59 Å². The van der Waals surface area contributed by atoms with Crippen LogP contribution >= 0.6 is 0 Å². The average molecular weight is 356 g/mol. The van der Waals surface area contributed by atoms with Crippen LogP contribution in [0.3, 0.4) is 0 Å². The van der Waals surface area contributed by atoms with Gasteiger partial charge in [-0.15, -0.1) is 0 Å². The molecule has 1 aliphatic heterocycles. The van der Waals surface area contributed by atoms with Crippen LogP contribution in [0.25, 0.3) is 5.57 Å². The number of ether oxygens (including phenoxy) is 3. The second kappa shape index (κ2) is 7.60. The summed E-state index contributed by atoms with van der Waals surface area (Å²) in [5.41, 5.74) is 1.07. The number of cyclic esters (lactones) is 1. The van der Waals surface area contributed by atoms with Crippen LogP contribution in [0.1, 0.15) is 15.9 Å². The number of benzene rings is 2. The van der Waals surface area contributed by atoms with E-state index in [-0.39, 0.29) is 36.9 Å². The Kier molecular flexibility index (Phi) is 5.07. The quantitative estimate of drug-likeness (QED) is 0.604. The Hall–Kier alpha value is -3.48. The summed E-state index contributed by atoms with van der Waals surface area (Å²) in [6.45, 7) is -0.0225. The summed E-state index contributed by atoms with van der Waals surface area (Å²) < 4.78 is 15.6. The lowest BCUT2D eigenvalue weighted by atomic mass is 10.1. The summed E-state index contributed by atoms with van der Waals surface area (Å²) in [7, 11) is 0. The van der Waals surface area contributed by atoms with Gasteiger partial charge in [0.2, 0.25) is 0 Å². The van der Waals surface area contributed by atoms with E-state index < -0.39 is 11.9 Å². The molecule has 0 fully saturated rings. The number of phenols is 2. The monoisotopic (exact) mass is 356 g/mol. The highest BCUT2D eigenvalue weighted by Crippen LogP contribution is 2.26. The van der Waals surface area contributed by atoms with Gasteiger partial charge in [-0.05, 0) is 17.7 Å². The molecular weight excluding hydrogens is 340 g/mol. The van der Waals surface area contributed by atoms with Crippen molar-refractivity contribution in [3.05, 3.63) is 65.4 Å². The van der Waals surface area contributed by atoms with Crippen molar-refractivity contribution in [2.75, 3.05) is 19.8 Å². The van der Waals surface area contributed by atoms with Crippen molar-refractivity contribution >= 4 is 17.5 Å². The van der Waals surface area contributed by atoms with Gasteiger partial charge in [-0.2, -0.15) is 0 Å². The predicted molar refractivity (Wildman–Crippen MR) is 90.3 cm³/mol. The Bertz CT molecular complexity index is 835. The van der Waals surface area contributed by atoms with Gasteiger partial charge >= 0.3 is 11.9 Å². The fourth-order valence-corrected chi connectivity index (χ4v) is 2.48. The largest absolute Gasteiger partial charge is 0.508 e. The number of carbonyl (C=O) groups excluding carboxylic acids is 2. The second-order valence-corrected chi connectivity index (χ2v) is 5.46. The number of rotatable bonds is 6. The molecule has 2 aromatic carbocycles. The van der Waals surface area contributed by atoms with Gasteiger partial charge in [0.05, 0.1) is 5.56 Å². The van der Waals surface area contributed by atoms with Crippen molar-refractivity contribution in [3.8, 4) is 11.5 Å². The van der Waals surface area contributed by atoms with E-state index in [9.17, 15) is 19.8 Å². The highest BCUT2D eigenvalue weighted by molar-refractivity contribution is 6.18. The molecule has 0 amide bonds. The number of aromatic hydroxyl groups is 2. The molecule has 7 nitrogen and oxygen atoms in total. The fraction of sp³-hybridized carbons (Fsp3) is 0.158. The molecule has 0 spiro atoms. The Morgan fingerprint density at radius 3 is 2.42 bits per heavy atom. The van der Waals surface area contributed by atoms with Crippen LogP contribution in [0.4, 0.5) is 0 Å². The van der Waals surface area contributed by atoms with E-state index in [4.69, 9.17) is 14.2 Å². The first-order chi connectivity index (χ1) is 12.5. The molecule has 1 aliphatic rings. The van der Waals surface area contributed by atoms with Gasteiger partial charge in [0.1, 0.15) is 42.7 Å². The fourth-order valence-electron chi connectivity index (χ4n) is 2.48. The van der Waals surface area contributed by atoms with E-state index in [0.29, 0.717) is 16.9 Å². The van der Waals surface area contributed by atoms with E-state index in [2.05, 4.69) is 0 Å². The first-order valence-electron chi connectivity index (χ1n) is 7.83. The van der Waals surface area contributed by atoms with Crippen molar-refractivity contribution in [2.24, 2.45) is 0 Å². The molecule has 0 radical (unpaired) electrons. The molecule has 0 unspecified atom stereocenters. The summed E-state index contributed by atoms with van der Waals surface area (Å²) in [6.07, 6.45) is 0. The Morgan fingerprint density at radius 2 is 1.73 bits per heavy atom. The maximum atomic E-state index is 11.9. The van der Waals surface area contributed by atoms with Crippen molar-refractivity contribution in [3.63, 3.8) is 0 Å². The third-order valence-electron chi connectivity index (χ3n) is 3.61. The summed E-state index contributed by atoms with van der Waals surface area (Å²) in [4.78, 5) is 23.8. The van der Waals surface area contributed by atoms with E-state index in [0.717, 1.165) is 6.07 Å². The zero-order valence-electron chi connectivity index (χ0n) is 13.7. The molecule has 0 atom stereocenters. The van der Waals surface area contributed by atoms with Crippen molar-refractivity contribution < 1.29 is 34.0 Å². The highest BCUT2D eigenvalue weighted by atomic mass is 16.6. The lowest BCUT2D eigenvalue weighted by molar-refractivity contribution is -0.134. The van der Waals surface area contributed by atoms with Gasteiger partial charge in [-0.1, -0.05) is 30.3 Å². The third kappa shape index (κ3) is 3.94. The predicted octanol–water partition coefficient (Wildman–Crippen LogP) is 2.24. The number of carbonyl (C=O) groups is 2. The first kappa shape index (κ1) is 17.3. The van der Waals surface area contributed by atoms with Gasteiger partial charge in [0.25, 0.3) is 0 Å². The van der Waals surface area contributed by atoms with Crippen LogP contribution in [0, 0.1) is 0 Å². The average Bonchev–Trinajstić information content (AvgIpc) is 2.99. The van der Waals surface area contributed by atoms with Crippen LogP contribution in [0.5, 0.6) is 11.5 Å². The number of hydrogen-bond donors (Lipinski definition) is 2. The molecule has 2 N–H and O–H groups in total. The zero-order chi connectivity index (χ0) is 18.5. The second-order valence-electron chi connectivity index (χ2n) is 5.46. The molecule has 0 aromatic heterocycles. The van der Waals surface area contributed by atoms with Gasteiger partial charge in [0.15, 0.2) is 0 Å². The molecular formula is C19H16O7. The minimum absolute atomic E-state index is 0.0195. The van der Waals surface area contributed by atoms with Crippen LogP contribution in [0.15, 0.2) is 54.3 Å². The third-order valence-corrected chi connectivity index (χ3v) is 3.61. The minimum atomic E-state index is -0.712. The molecule has 1 heterocycles. The molecule has 3 rings (SSSR count). The summed E-state index contributed by atoms with van der Waals surface area (Å²) in [5.74, 6) is -1.28. The first-order valence-corrected chi connectivity index (χ1v) is 7.83. The molecule has 0 saturated carbocycles. The molecule has 0 aliphatic carbocycles. The lowest BCUT2D eigenvalue weighted by Gasteiger charge is -2.09. The summed E-state index contributed by atoms with van der Waals surface area (Å²) in [5, 5.41) is 18.8. The lowest BCUT2D eigenvalue weighted by Crippen LogP contribution is -2.11. The smallest absolute Gasteiger partial charge is 0.342 e. The van der Waals surface area contributed by atoms with E-state index >= 15 is 0 Å². The Balaban J connectivity index is 1.58. The van der Waals surface area contributed by atoms with Crippen LogP contribution in [-0.4, -0.2) is 42.0 Å². The Labute approximate surface area is 149 Å². The van der Waals surface area contributed by atoms with Crippen molar-refractivity contribution in [2.45, 2.75) is 0 Å². The molecule has 0 bridgehead atoms. The van der Waals surface area contributed by atoms with E-state index in [1.165, 1.54) is 12.1 Å². The van der Waals surface area contributed by atoms with Gasteiger partial charge < -0.3 is 24.4 Å². The molecule has 26 heavy (non-hydrogen) atoms. The zero-order valence-corrected chi connectivity index (χ0v) is 13.7. The van der Waals surface area contributed by atoms with E-state index in [1.54, 1.807) is 24.3 Å². The van der Waals surface area contributed by atoms with Gasteiger partial charge in [-0.3, -0.25) is 0 Å². The SMILES string of the molecule is O=C1OCC(OCCOC(=O)c2cc(O)cc(O)c2)=C1c1ccccc1. The molecule has 2 aromatic rings. The topological polar surface area (TPSA) is 102 Å².